The van der Waals surface area contributed by atoms with Crippen molar-refractivity contribution in [1.82, 2.24) is 9.97 Å². The molecular weight excluding hydrogens is 262 g/mol. The van der Waals surface area contributed by atoms with Crippen LogP contribution in [-0.2, 0) is 0 Å². The van der Waals surface area contributed by atoms with Crippen LogP contribution in [0.5, 0.6) is 0 Å². The van der Waals surface area contributed by atoms with Gasteiger partial charge in [-0.2, -0.15) is 4.98 Å². The summed E-state index contributed by atoms with van der Waals surface area (Å²) in [6.07, 6.45) is 9.44. The number of anilines is 2. The first-order valence-corrected chi connectivity index (χ1v) is 7.43. The first-order valence-electron chi connectivity index (χ1n) is 7.05. The average Bonchev–Trinajstić information content (AvgIpc) is 2.47. The fourth-order valence-corrected chi connectivity index (χ4v) is 3.72. The molecule has 0 bridgehead atoms. The SMILES string of the molecule is NNc1ncc(Cl)c(N2CCC[C@H]3CCCC[C@H]32)n1. The van der Waals surface area contributed by atoms with E-state index in [4.69, 9.17) is 17.4 Å². The average molecular weight is 282 g/mol. The van der Waals surface area contributed by atoms with Crippen molar-refractivity contribution in [2.45, 2.75) is 44.6 Å². The van der Waals surface area contributed by atoms with Gasteiger partial charge in [-0.15, -0.1) is 0 Å². The number of nitrogens with zero attached hydrogens (tertiary/aromatic N) is 3. The zero-order valence-electron chi connectivity index (χ0n) is 11.0. The van der Waals surface area contributed by atoms with Crippen LogP contribution in [0.15, 0.2) is 6.20 Å². The molecule has 1 aromatic heterocycles. The van der Waals surface area contributed by atoms with Crippen molar-refractivity contribution in [3.63, 3.8) is 0 Å². The van der Waals surface area contributed by atoms with Crippen LogP contribution in [0.1, 0.15) is 38.5 Å². The Morgan fingerprint density at radius 2 is 2.05 bits per heavy atom. The van der Waals surface area contributed by atoms with Crippen molar-refractivity contribution in [2.24, 2.45) is 11.8 Å². The Morgan fingerprint density at radius 1 is 1.26 bits per heavy atom. The topological polar surface area (TPSA) is 67.1 Å². The molecule has 3 rings (SSSR count). The summed E-state index contributed by atoms with van der Waals surface area (Å²) >= 11 is 6.28. The highest BCUT2D eigenvalue weighted by atomic mass is 35.5. The van der Waals surface area contributed by atoms with E-state index in [-0.39, 0.29) is 0 Å². The summed E-state index contributed by atoms with van der Waals surface area (Å²) in [5.74, 6) is 7.45. The molecule has 0 unspecified atom stereocenters. The first kappa shape index (κ1) is 12.9. The third-order valence-corrected chi connectivity index (χ3v) is 4.64. The molecule has 3 N–H and O–H groups in total. The molecule has 1 saturated heterocycles. The lowest BCUT2D eigenvalue weighted by Crippen LogP contribution is -2.47. The molecule has 1 aromatic rings. The van der Waals surface area contributed by atoms with E-state index in [0.717, 1.165) is 18.3 Å². The Bertz CT molecular complexity index is 451. The maximum absolute atomic E-state index is 6.28. The molecule has 1 aliphatic carbocycles. The van der Waals surface area contributed by atoms with Crippen LogP contribution in [0.2, 0.25) is 5.02 Å². The summed E-state index contributed by atoms with van der Waals surface area (Å²) in [6.45, 7) is 1.03. The van der Waals surface area contributed by atoms with Crippen LogP contribution in [-0.4, -0.2) is 22.6 Å². The Hall–Kier alpha value is -1.07. The molecule has 2 fully saturated rings. The van der Waals surface area contributed by atoms with Gasteiger partial charge in [0.05, 0.1) is 6.20 Å². The summed E-state index contributed by atoms with van der Waals surface area (Å²) in [5, 5.41) is 0.616. The molecule has 0 amide bonds. The van der Waals surface area contributed by atoms with Gasteiger partial charge in [0.25, 0.3) is 0 Å². The zero-order chi connectivity index (χ0) is 13.2. The highest BCUT2D eigenvalue weighted by Crippen LogP contribution is 2.39. The van der Waals surface area contributed by atoms with Crippen molar-refractivity contribution < 1.29 is 0 Å². The van der Waals surface area contributed by atoms with Crippen molar-refractivity contribution >= 4 is 23.4 Å². The molecule has 2 atom stereocenters. The predicted molar refractivity (Wildman–Crippen MR) is 77.2 cm³/mol. The number of nitrogens with two attached hydrogens (primary N) is 1. The van der Waals surface area contributed by atoms with Crippen LogP contribution < -0.4 is 16.2 Å². The smallest absolute Gasteiger partial charge is 0.239 e. The second-order valence-corrected chi connectivity index (χ2v) is 5.86. The number of nitrogen functional groups attached to an aromatic ring is 1. The van der Waals surface area contributed by atoms with Gasteiger partial charge in [-0.1, -0.05) is 24.4 Å². The number of hydrogen-bond acceptors (Lipinski definition) is 5. The van der Waals surface area contributed by atoms with Gasteiger partial charge in [-0.05, 0) is 31.6 Å². The lowest BCUT2D eigenvalue weighted by atomic mass is 9.78. The summed E-state index contributed by atoms with van der Waals surface area (Å²) in [7, 11) is 0. The molecule has 0 aromatic carbocycles. The van der Waals surface area contributed by atoms with Gasteiger partial charge in [0.2, 0.25) is 5.95 Å². The number of nitrogens with one attached hydrogen (secondary N) is 1. The molecule has 1 saturated carbocycles. The van der Waals surface area contributed by atoms with Crippen LogP contribution in [0.4, 0.5) is 11.8 Å². The monoisotopic (exact) mass is 281 g/mol. The third-order valence-electron chi connectivity index (χ3n) is 4.37. The molecular formula is C13H20ClN5. The van der Waals surface area contributed by atoms with Gasteiger partial charge >= 0.3 is 0 Å². The van der Waals surface area contributed by atoms with E-state index in [1.54, 1.807) is 6.20 Å². The minimum absolute atomic E-state index is 0.428. The van der Waals surface area contributed by atoms with Gasteiger partial charge < -0.3 is 4.90 Å². The van der Waals surface area contributed by atoms with E-state index in [2.05, 4.69) is 20.3 Å². The number of hydrogen-bond donors (Lipinski definition) is 2. The minimum Gasteiger partial charge on any atom is -0.352 e. The summed E-state index contributed by atoms with van der Waals surface area (Å²) in [6, 6.07) is 0.584. The number of piperidine rings is 1. The molecule has 0 spiro atoms. The van der Waals surface area contributed by atoms with E-state index in [1.165, 1.54) is 38.5 Å². The standard InChI is InChI=1S/C13H20ClN5/c14-10-8-16-13(18-15)17-12(10)19-7-3-5-9-4-1-2-6-11(9)19/h8-9,11H,1-7,15H2,(H,16,17,18)/t9-,11-/m1/s1. The highest BCUT2D eigenvalue weighted by molar-refractivity contribution is 6.32. The van der Waals surface area contributed by atoms with Crippen molar-refractivity contribution in [3.8, 4) is 0 Å². The number of rotatable bonds is 2. The minimum atomic E-state index is 0.428. The van der Waals surface area contributed by atoms with E-state index in [0.29, 0.717) is 17.0 Å². The van der Waals surface area contributed by atoms with Gasteiger partial charge in [0, 0.05) is 12.6 Å². The van der Waals surface area contributed by atoms with Gasteiger partial charge in [0.1, 0.15) is 5.02 Å². The van der Waals surface area contributed by atoms with E-state index < -0.39 is 0 Å². The van der Waals surface area contributed by atoms with E-state index in [9.17, 15) is 0 Å². The molecule has 6 heteroatoms. The molecule has 5 nitrogen and oxygen atoms in total. The van der Waals surface area contributed by atoms with Crippen molar-refractivity contribution in [2.75, 3.05) is 16.9 Å². The van der Waals surface area contributed by atoms with Crippen LogP contribution >= 0.6 is 11.6 Å². The molecule has 104 valence electrons. The number of fused-ring (bicyclic) bond motifs is 1. The van der Waals surface area contributed by atoms with Gasteiger partial charge in [0.15, 0.2) is 5.82 Å². The maximum Gasteiger partial charge on any atom is 0.239 e. The van der Waals surface area contributed by atoms with E-state index in [1.807, 2.05) is 0 Å². The summed E-state index contributed by atoms with van der Waals surface area (Å²) < 4.78 is 0. The lowest BCUT2D eigenvalue weighted by Gasteiger charge is -2.45. The van der Waals surface area contributed by atoms with Crippen molar-refractivity contribution in [1.29, 1.82) is 0 Å². The van der Waals surface area contributed by atoms with Crippen LogP contribution in [0.3, 0.4) is 0 Å². The lowest BCUT2D eigenvalue weighted by molar-refractivity contribution is 0.243. The van der Waals surface area contributed by atoms with Crippen LogP contribution in [0.25, 0.3) is 0 Å². The molecule has 19 heavy (non-hydrogen) atoms. The fourth-order valence-electron chi connectivity index (χ4n) is 3.52. The number of halogens is 1. The molecule has 1 aliphatic heterocycles. The Morgan fingerprint density at radius 3 is 2.89 bits per heavy atom. The molecule has 2 heterocycles. The zero-order valence-corrected chi connectivity index (χ0v) is 11.7. The number of hydrazine groups is 1. The Kier molecular flexibility index (Phi) is 3.75. The third kappa shape index (κ3) is 2.49. The van der Waals surface area contributed by atoms with Crippen molar-refractivity contribution in [3.05, 3.63) is 11.2 Å². The number of aromatic nitrogens is 2. The molecule has 0 radical (unpaired) electrons. The maximum atomic E-state index is 6.28. The summed E-state index contributed by atoms with van der Waals surface area (Å²) in [5.41, 5.74) is 2.50. The largest absolute Gasteiger partial charge is 0.352 e. The second-order valence-electron chi connectivity index (χ2n) is 5.46. The second kappa shape index (κ2) is 5.51. The Labute approximate surface area is 118 Å². The van der Waals surface area contributed by atoms with Gasteiger partial charge in [-0.3, -0.25) is 5.43 Å². The Balaban J connectivity index is 1.91. The highest BCUT2D eigenvalue weighted by Gasteiger charge is 2.34. The predicted octanol–water partition coefficient (Wildman–Crippen LogP) is 2.57. The fraction of sp³-hybridized carbons (Fsp3) is 0.692. The van der Waals surface area contributed by atoms with Crippen LogP contribution in [0, 0.1) is 5.92 Å². The van der Waals surface area contributed by atoms with Gasteiger partial charge in [-0.25, -0.2) is 10.8 Å². The first-order chi connectivity index (χ1) is 9.29. The summed E-state index contributed by atoms with van der Waals surface area (Å²) in [4.78, 5) is 10.9. The normalized spacial score (nSPS) is 26.9. The quantitative estimate of drug-likeness (QED) is 0.644. The molecule has 2 aliphatic rings. The van der Waals surface area contributed by atoms with E-state index >= 15 is 0 Å².